The fraction of sp³-hybridized carbons (Fsp3) is 0.385. The number of aromatic amines is 1. The molecule has 3 N–H and O–H groups in total. The van der Waals surface area contributed by atoms with Gasteiger partial charge in [-0.3, -0.25) is 9.89 Å². The third-order valence-corrected chi connectivity index (χ3v) is 3.70. The van der Waals surface area contributed by atoms with Gasteiger partial charge in [0.25, 0.3) is 0 Å². The highest BCUT2D eigenvalue weighted by Crippen LogP contribution is 2.23. The first-order valence-corrected chi connectivity index (χ1v) is 6.30. The molecule has 0 radical (unpaired) electrons. The fourth-order valence-electron chi connectivity index (χ4n) is 2.19. The first-order chi connectivity index (χ1) is 9.15. The number of fused-ring (bicyclic) bond motifs is 1. The van der Waals surface area contributed by atoms with E-state index in [0.717, 1.165) is 13.1 Å². The van der Waals surface area contributed by atoms with Crippen molar-refractivity contribution in [3.05, 3.63) is 24.0 Å². The van der Waals surface area contributed by atoms with Gasteiger partial charge >= 0.3 is 0 Å². The standard InChI is InChI=1S/C13H15FN4O.ClH/c1-7(8-5-15-6-8)13(19)16-12-10-4-9(14)2-3-11(10)17-18-12;/h2-4,7-8,15H,5-6H2,1H3,(H2,16,17,18,19);1H. The van der Waals surface area contributed by atoms with Gasteiger partial charge in [-0.1, -0.05) is 6.92 Å². The Kier molecular flexibility index (Phi) is 4.25. The molecule has 1 atom stereocenters. The van der Waals surface area contributed by atoms with E-state index in [1.54, 1.807) is 6.07 Å². The van der Waals surface area contributed by atoms with Crippen LogP contribution < -0.4 is 10.6 Å². The van der Waals surface area contributed by atoms with Crippen LogP contribution in [-0.2, 0) is 4.79 Å². The lowest BCUT2D eigenvalue weighted by Gasteiger charge is -2.31. The molecule has 1 aliphatic heterocycles. The number of carbonyl (C=O) groups is 1. The molecule has 0 spiro atoms. The Morgan fingerprint density at radius 3 is 2.90 bits per heavy atom. The summed E-state index contributed by atoms with van der Waals surface area (Å²) in [7, 11) is 0. The zero-order valence-corrected chi connectivity index (χ0v) is 11.8. The number of amides is 1. The van der Waals surface area contributed by atoms with Gasteiger partial charge in [0.2, 0.25) is 5.91 Å². The van der Waals surface area contributed by atoms with Crippen LogP contribution in [0.15, 0.2) is 18.2 Å². The van der Waals surface area contributed by atoms with Crippen LogP contribution in [0.3, 0.4) is 0 Å². The van der Waals surface area contributed by atoms with E-state index in [1.165, 1.54) is 12.1 Å². The molecule has 1 aromatic heterocycles. The number of hydrogen-bond acceptors (Lipinski definition) is 3. The van der Waals surface area contributed by atoms with Crippen LogP contribution in [0, 0.1) is 17.7 Å². The molecule has 1 unspecified atom stereocenters. The van der Waals surface area contributed by atoms with E-state index in [1.807, 2.05) is 6.92 Å². The summed E-state index contributed by atoms with van der Waals surface area (Å²) in [4.78, 5) is 12.1. The summed E-state index contributed by atoms with van der Waals surface area (Å²) in [5.74, 6) is 0.243. The van der Waals surface area contributed by atoms with Gasteiger partial charge in [-0.05, 0) is 37.2 Å². The Balaban J connectivity index is 0.00000147. The predicted octanol–water partition coefficient (Wildman–Crippen LogP) is 1.92. The molecule has 2 heterocycles. The monoisotopic (exact) mass is 298 g/mol. The van der Waals surface area contributed by atoms with Crippen LogP contribution >= 0.6 is 12.4 Å². The van der Waals surface area contributed by atoms with Gasteiger partial charge in [-0.15, -0.1) is 12.4 Å². The van der Waals surface area contributed by atoms with Crippen molar-refractivity contribution in [2.45, 2.75) is 6.92 Å². The van der Waals surface area contributed by atoms with Crippen LogP contribution in [0.25, 0.3) is 10.9 Å². The van der Waals surface area contributed by atoms with Gasteiger partial charge in [-0.2, -0.15) is 5.10 Å². The lowest BCUT2D eigenvalue weighted by molar-refractivity contribution is -0.121. The molecule has 1 amide bonds. The SMILES string of the molecule is CC(C(=O)Nc1n[nH]c2ccc(F)cc12)C1CNC1.Cl. The summed E-state index contributed by atoms with van der Waals surface area (Å²) in [6, 6.07) is 4.32. The van der Waals surface area contributed by atoms with Crippen molar-refractivity contribution < 1.29 is 9.18 Å². The molecule has 3 rings (SSSR count). The number of nitrogens with one attached hydrogen (secondary N) is 3. The first-order valence-electron chi connectivity index (χ1n) is 6.30. The summed E-state index contributed by atoms with van der Waals surface area (Å²) in [6.45, 7) is 3.63. The predicted molar refractivity (Wildman–Crippen MR) is 77.5 cm³/mol. The number of H-pyrrole nitrogens is 1. The minimum absolute atomic E-state index is 0. The molecule has 1 fully saturated rings. The van der Waals surface area contributed by atoms with Crippen LogP contribution in [0.1, 0.15) is 6.92 Å². The number of hydrogen-bond donors (Lipinski definition) is 3. The van der Waals surface area contributed by atoms with Crippen molar-refractivity contribution in [1.29, 1.82) is 0 Å². The van der Waals surface area contributed by atoms with Crippen molar-refractivity contribution in [2.75, 3.05) is 18.4 Å². The van der Waals surface area contributed by atoms with Crippen LogP contribution in [0.2, 0.25) is 0 Å². The van der Waals surface area contributed by atoms with Crippen molar-refractivity contribution in [1.82, 2.24) is 15.5 Å². The summed E-state index contributed by atoms with van der Waals surface area (Å²) in [5, 5.41) is 13.3. The van der Waals surface area contributed by atoms with Crippen molar-refractivity contribution in [3.8, 4) is 0 Å². The highest BCUT2D eigenvalue weighted by Gasteiger charge is 2.29. The molecule has 1 aliphatic rings. The molecular weight excluding hydrogens is 283 g/mol. The third-order valence-electron chi connectivity index (χ3n) is 3.70. The second kappa shape index (κ2) is 5.76. The quantitative estimate of drug-likeness (QED) is 0.811. The number of benzene rings is 1. The Morgan fingerprint density at radius 1 is 1.50 bits per heavy atom. The van der Waals surface area contributed by atoms with Gasteiger partial charge < -0.3 is 10.6 Å². The zero-order chi connectivity index (χ0) is 13.4. The maximum absolute atomic E-state index is 13.2. The number of anilines is 1. The lowest BCUT2D eigenvalue weighted by Crippen LogP contribution is -2.48. The zero-order valence-electron chi connectivity index (χ0n) is 10.9. The van der Waals surface area contributed by atoms with Crippen molar-refractivity contribution in [3.63, 3.8) is 0 Å². The number of aromatic nitrogens is 2. The second-order valence-corrected chi connectivity index (χ2v) is 4.96. The Morgan fingerprint density at radius 2 is 2.25 bits per heavy atom. The molecule has 2 aromatic rings. The van der Waals surface area contributed by atoms with E-state index < -0.39 is 0 Å². The summed E-state index contributed by atoms with van der Waals surface area (Å²) < 4.78 is 13.2. The summed E-state index contributed by atoms with van der Waals surface area (Å²) in [5.41, 5.74) is 0.703. The topological polar surface area (TPSA) is 69.8 Å². The van der Waals surface area contributed by atoms with E-state index >= 15 is 0 Å². The summed E-state index contributed by atoms with van der Waals surface area (Å²) in [6.07, 6.45) is 0. The average molecular weight is 299 g/mol. The number of rotatable bonds is 3. The molecule has 108 valence electrons. The molecule has 0 bridgehead atoms. The van der Waals surface area contributed by atoms with Gasteiger partial charge in [0.15, 0.2) is 5.82 Å². The molecule has 0 saturated carbocycles. The van der Waals surface area contributed by atoms with Crippen LogP contribution in [0.4, 0.5) is 10.2 Å². The minimum atomic E-state index is -0.347. The van der Waals surface area contributed by atoms with Crippen molar-refractivity contribution >= 4 is 35.0 Å². The molecule has 1 aromatic carbocycles. The van der Waals surface area contributed by atoms with Gasteiger partial charge in [0.05, 0.1) is 5.52 Å². The van der Waals surface area contributed by atoms with E-state index in [9.17, 15) is 9.18 Å². The van der Waals surface area contributed by atoms with Crippen LogP contribution in [-0.4, -0.2) is 29.2 Å². The summed E-state index contributed by atoms with van der Waals surface area (Å²) >= 11 is 0. The van der Waals surface area contributed by atoms with Crippen molar-refractivity contribution in [2.24, 2.45) is 11.8 Å². The molecule has 20 heavy (non-hydrogen) atoms. The minimum Gasteiger partial charge on any atom is -0.316 e. The normalized spacial score (nSPS) is 16.3. The molecule has 1 saturated heterocycles. The van der Waals surface area contributed by atoms with E-state index in [2.05, 4.69) is 20.8 Å². The third kappa shape index (κ3) is 2.62. The Hall–Kier alpha value is -1.66. The highest BCUT2D eigenvalue weighted by molar-refractivity contribution is 6.00. The average Bonchev–Trinajstić information content (AvgIpc) is 2.69. The highest BCUT2D eigenvalue weighted by atomic mass is 35.5. The molecule has 0 aliphatic carbocycles. The molecular formula is C13H16ClFN4O. The fourth-order valence-corrected chi connectivity index (χ4v) is 2.19. The van der Waals surface area contributed by atoms with E-state index in [-0.39, 0.29) is 30.0 Å². The smallest absolute Gasteiger partial charge is 0.228 e. The Labute approximate surface area is 121 Å². The van der Waals surface area contributed by atoms with E-state index in [0.29, 0.717) is 22.6 Å². The first kappa shape index (κ1) is 14.7. The van der Waals surface area contributed by atoms with Gasteiger partial charge in [-0.25, -0.2) is 4.39 Å². The maximum Gasteiger partial charge on any atom is 0.228 e. The van der Waals surface area contributed by atoms with Crippen LogP contribution in [0.5, 0.6) is 0 Å². The number of nitrogens with zero attached hydrogens (tertiary/aromatic N) is 1. The lowest BCUT2D eigenvalue weighted by atomic mass is 9.88. The second-order valence-electron chi connectivity index (χ2n) is 4.96. The van der Waals surface area contributed by atoms with Gasteiger partial charge in [0, 0.05) is 11.3 Å². The number of carbonyl (C=O) groups excluding carboxylic acids is 1. The largest absolute Gasteiger partial charge is 0.316 e. The number of halogens is 2. The van der Waals surface area contributed by atoms with E-state index in [4.69, 9.17) is 0 Å². The molecule has 5 nitrogen and oxygen atoms in total. The van der Waals surface area contributed by atoms with Gasteiger partial charge in [0.1, 0.15) is 5.82 Å². The Bertz CT molecular complexity index is 626. The molecule has 7 heteroatoms. The maximum atomic E-state index is 13.2.